The standard InChI is InChI=1S/C12H18O3/c1-11(2,3)15-12-7-5-4-6-9(12)14-10(13)8-12/h5,7,9H,4,6,8H2,1-3H3/t9-,12+/m1/s1. The van der Waals surface area contributed by atoms with Gasteiger partial charge in [0.15, 0.2) is 0 Å². The van der Waals surface area contributed by atoms with Crippen molar-refractivity contribution in [2.24, 2.45) is 0 Å². The fourth-order valence-electron chi connectivity index (χ4n) is 2.35. The average Bonchev–Trinajstić information content (AvgIpc) is 2.36. The number of rotatable bonds is 1. The molecule has 84 valence electrons. The summed E-state index contributed by atoms with van der Waals surface area (Å²) in [7, 11) is 0. The van der Waals surface area contributed by atoms with Crippen molar-refractivity contribution in [3.8, 4) is 0 Å². The van der Waals surface area contributed by atoms with Crippen molar-refractivity contribution in [2.45, 2.75) is 57.3 Å². The second-order valence-corrected chi connectivity index (χ2v) is 5.30. The number of carbonyl (C=O) groups is 1. The lowest BCUT2D eigenvalue weighted by atomic mass is 9.86. The Labute approximate surface area is 90.4 Å². The van der Waals surface area contributed by atoms with E-state index in [1.807, 2.05) is 26.8 Å². The van der Waals surface area contributed by atoms with Crippen LogP contribution in [0.4, 0.5) is 0 Å². The minimum atomic E-state index is -0.506. The Morgan fingerprint density at radius 2 is 2.27 bits per heavy atom. The third-order valence-electron chi connectivity index (χ3n) is 2.73. The molecule has 3 heteroatoms. The summed E-state index contributed by atoms with van der Waals surface area (Å²) < 4.78 is 11.3. The number of allylic oxidation sites excluding steroid dienone is 1. The number of fused-ring (bicyclic) bond motifs is 1. The highest BCUT2D eigenvalue weighted by atomic mass is 16.6. The van der Waals surface area contributed by atoms with Crippen LogP contribution in [-0.2, 0) is 14.3 Å². The van der Waals surface area contributed by atoms with E-state index < -0.39 is 5.60 Å². The molecule has 1 fully saturated rings. The van der Waals surface area contributed by atoms with Crippen LogP contribution in [0, 0.1) is 0 Å². The van der Waals surface area contributed by atoms with E-state index in [-0.39, 0.29) is 17.7 Å². The average molecular weight is 210 g/mol. The Balaban J connectivity index is 2.25. The molecular weight excluding hydrogens is 192 g/mol. The molecule has 0 aromatic heterocycles. The highest BCUT2D eigenvalue weighted by Gasteiger charge is 2.51. The smallest absolute Gasteiger partial charge is 0.309 e. The third-order valence-corrected chi connectivity index (χ3v) is 2.73. The highest BCUT2D eigenvalue weighted by molar-refractivity contribution is 5.74. The Hall–Kier alpha value is -0.830. The first-order valence-corrected chi connectivity index (χ1v) is 5.49. The van der Waals surface area contributed by atoms with Crippen LogP contribution in [-0.4, -0.2) is 23.3 Å². The molecular formula is C12H18O3. The Morgan fingerprint density at radius 3 is 2.93 bits per heavy atom. The molecule has 0 saturated carbocycles. The molecule has 0 radical (unpaired) electrons. The van der Waals surface area contributed by atoms with Crippen LogP contribution in [0.5, 0.6) is 0 Å². The Morgan fingerprint density at radius 1 is 1.53 bits per heavy atom. The normalized spacial score (nSPS) is 35.1. The molecule has 0 aromatic carbocycles. The molecule has 0 N–H and O–H groups in total. The van der Waals surface area contributed by atoms with Crippen molar-refractivity contribution in [3.05, 3.63) is 12.2 Å². The van der Waals surface area contributed by atoms with Crippen LogP contribution < -0.4 is 0 Å². The Bertz CT molecular complexity index is 300. The first kappa shape index (κ1) is 10.7. The second-order valence-electron chi connectivity index (χ2n) is 5.30. The van der Waals surface area contributed by atoms with Gasteiger partial charge < -0.3 is 9.47 Å². The predicted molar refractivity (Wildman–Crippen MR) is 56.4 cm³/mol. The van der Waals surface area contributed by atoms with Crippen LogP contribution in [0.3, 0.4) is 0 Å². The van der Waals surface area contributed by atoms with Gasteiger partial charge in [-0.2, -0.15) is 0 Å². The molecule has 1 aliphatic carbocycles. The zero-order valence-corrected chi connectivity index (χ0v) is 9.58. The molecule has 3 nitrogen and oxygen atoms in total. The van der Waals surface area contributed by atoms with Crippen LogP contribution >= 0.6 is 0 Å². The molecule has 0 amide bonds. The lowest BCUT2D eigenvalue weighted by Crippen LogP contribution is -2.46. The van der Waals surface area contributed by atoms with Gasteiger partial charge in [0.25, 0.3) is 0 Å². The van der Waals surface area contributed by atoms with Gasteiger partial charge in [-0.1, -0.05) is 12.2 Å². The van der Waals surface area contributed by atoms with Crippen molar-refractivity contribution in [3.63, 3.8) is 0 Å². The lowest BCUT2D eigenvalue weighted by Gasteiger charge is -2.38. The molecule has 1 saturated heterocycles. The van der Waals surface area contributed by atoms with E-state index in [1.54, 1.807) is 0 Å². The van der Waals surface area contributed by atoms with E-state index in [9.17, 15) is 4.79 Å². The molecule has 1 heterocycles. The van der Waals surface area contributed by atoms with Gasteiger partial charge >= 0.3 is 5.97 Å². The summed E-state index contributed by atoms with van der Waals surface area (Å²) in [5.74, 6) is -0.143. The number of carbonyl (C=O) groups excluding carboxylic acids is 1. The van der Waals surface area contributed by atoms with E-state index in [2.05, 4.69) is 6.08 Å². The van der Waals surface area contributed by atoms with Crippen molar-refractivity contribution in [1.29, 1.82) is 0 Å². The highest BCUT2D eigenvalue weighted by Crippen LogP contribution is 2.40. The van der Waals surface area contributed by atoms with Crippen LogP contribution in [0.2, 0.25) is 0 Å². The second kappa shape index (κ2) is 3.34. The molecule has 1 aliphatic heterocycles. The summed E-state index contributed by atoms with van der Waals surface area (Å²) in [6, 6.07) is 0. The van der Waals surface area contributed by atoms with Crippen LogP contribution in [0.1, 0.15) is 40.0 Å². The van der Waals surface area contributed by atoms with E-state index >= 15 is 0 Å². The number of esters is 1. The minimum absolute atomic E-state index is 0.0887. The van der Waals surface area contributed by atoms with E-state index in [1.165, 1.54) is 0 Å². The molecule has 15 heavy (non-hydrogen) atoms. The molecule has 0 spiro atoms. The monoisotopic (exact) mass is 210 g/mol. The SMILES string of the molecule is CC(C)(C)O[C@]12C=CCC[C@H]1OC(=O)C2. The summed E-state index contributed by atoms with van der Waals surface area (Å²) in [6.07, 6.45) is 6.20. The molecule has 2 atom stereocenters. The zero-order chi connectivity index (χ0) is 11.1. The molecule has 0 bridgehead atoms. The van der Waals surface area contributed by atoms with E-state index in [4.69, 9.17) is 9.47 Å². The van der Waals surface area contributed by atoms with Crippen LogP contribution in [0.15, 0.2) is 12.2 Å². The first-order chi connectivity index (χ1) is 6.91. The topological polar surface area (TPSA) is 35.5 Å². The van der Waals surface area contributed by atoms with Gasteiger partial charge in [-0.3, -0.25) is 4.79 Å². The third kappa shape index (κ3) is 2.07. The summed E-state index contributed by atoms with van der Waals surface area (Å²) in [5, 5.41) is 0. The van der Waals surface area contributed by atoms with Crippen molar-refractivity contribution in [2.75, 3.05) is 0 Å². The van der Waals surface area contributed by atoms with Gasteiger partial charge in [-0.05, 0) is 33.6 Å². The number of hydrogen-bond donors (Lipinski definition) is 0. The first-order valence-electron chi connectivity index (χ1n) is 5.49. The maximum Gasteiger partial charge on any atom is 0.309 e. The summed E-state index contributed by atoms with van der Waals surface area (Å²) in [5.41, 5.74) is -0.762. The quantitative estimate of drug-likeness (QED) is 0.491. The minimum Gasteiger partial charge on any atom is -0.459 e. The van der Waals surface area contributed by atoms with Crippen molar-refractivity contribution in [1.82, 2.24) is 0 Å². The fraction of sp³-hybridized carbons (Fsp3) is 0.750. The summed E-state index contributed by atoms with van der Waals surface area (Å²) >= 11 is 0. The Kier molecular flexibility index (Phi) is 2.38. The van der Waals surface area contributed by atoms with Gasteiger partial charge in [-0.15, -0.1) is 0 Å². The number of ether oxygens (including phenoxy) is 2. The van der Waals surface area contributed by atoms with Gasteiger partial charge in [0.2, 0.25) is 0 Å². The maximum atomic E-state index is 11.4. The zero-order valence-electron chi connectivity index (χ0n) is 9.58. The fourth-order valence-corrected chi connectivity index (χ4v) is 2.35. The van der Waals surface area contributed by atoms with Crippen molar-refractivity contribution >= 4 is 5.97 Å². The van der Waals surface area contributed by atoms with Gasteiger partial charge in [0.1, 0.15) is 11.7 Å². The van der Waals surface area contributed by atoms with Crippen LogP contribution in [0.25, 0.3) is 0 Å². The van der Waals surface area contributed by atoms with E-state index in [0.29, 0.717) is 6.42 Å². The molecule has 2 rings (SSSR count). The van der Waals surface area contributed by atoms with E-state index in [0.717, 1.165) is 12.8 Å². The summed E-state index contributed by atoms with van der Waals surface area (Å²) in [4.78, 5) is 11.4. The predicted octanol–water partition coefficient (Wildman–Crippen LogP) is 2.21. The van der Waals surface area contributed by atoms with Gasteiger partial charge in [0.05, 0.1) is 12.0 Å². The molecule has 2 aliphatic rings. The number of hydrogen-bond acceptors (Lipinski definition) is 3. The van der Waals surface area contributed by atoms with Gasteiger partial charge in [0, 0.05) is 0 Å². The maximum absolute atomic E-state index is 11.4. The largest absolute Gasteiger partial charge is 0.459 e. The molecule has 0 aromatic rings. The lowest BCUT2D eigenvalue weighted by molar-refractivity contribution is -0.149. The summed E-state index contributed by atoms with van der Waals surface area (Å²) in [6.45, 7) is 6.01. The van der Waals surface area contributed by atoms with Crippen molar-refractivity contribution < 1.29 is 14.3 Å². The molecule has 0 unspecified atom stereocenters. The van der Waals surface area contributed by atoms with Gasteiger partial charge in [-0.25, -0.2) is 0 Å².